The van der Waals surface area contributed by atoms with Gasteiger partial charge < -0.3 is 4.42 Å². The highest BCUT2D eigenvalue weighted by atomic mass is 127. The molecule has 0 aliphatic carbocycles. The monoisotopic (exact) mass is 277 g/mol. The van der Waals surface area contributed by atoms with Gasteiger partial charge in [-0.1, -0.05) is 0 Å². The van der Waals surface area contributed by atoms with Crippen molar-refractivity contribution in [1.29, 1.82) is 0 Å². The fourth-order valence-electron chi connectivity index (χ4n) is 0.576. The number of halogens is 4. The fourth-order valence-corrected chi connectivity index (χ4v) is 1.33. The molecule has 1 heterocycles. The molecule has 0 unspecified atom stereocenters. The summed E-state index contributed by atoms with van der Waals surface area (Å²) in [6.07, 6.45) is -4.43. The van der Waals surface area contributed by atoms with Gasteiger partial charge in [-0.25, -0.2) is 4.98 Å². The lowest BCUT2D eigenvalue weighted by Crippen LogP contribution is -2.04. The van der Waals surface area contributed by atoms with Crippen molar-refractivity contribution in [2.45, 2.75) is 13.1 Å². The van der Waals surface area contributed by atoms with E-state index >= 15 is 0 Å². The first-order valence-corrected chi connectivity index (χ1v) is 3.69. The van der Waals surface area contributed by atoms with E-state index in [1.807, 2.05) is 0 Å². The van der Waals surface area contributed by atoms with Gasteiger partial charge in [-0.05, 0) is 22.6 Å². The molecular weight excluding hydrogens is 274 g/mol. The number of oxazole rings is 1. The van der Waals surface area contributed by atoms with E-state index in [9.17, 15) is 13.2 Å². The zero-order valence-corrected chi connectivity index (χ0v) is 7.52. The maximum absolute atomic E-state index is 11.9. The van der Waals surface area contributed by atoms with Gasteiger partial charge in [-0.2, -0.15) is 13.2 Å². The summed E-state index contributed by atoms with van der Waals surface area (Å²) < 4.78 is 40.0. The van der Waals surface area contributed by atoms with Crippen LogP contribution in [0, 0.1) is 10.6 Å². The number of aromatic nitrogens is 1. The molecule has 0 atom stereocenters. The fraction of sp³-hybridized carbons (Fsp3) is 0.400. The summed E-state index contributed by atoms with van der Waals surface area (Å²) in [5, 5.41) is 0. The highest BCUT2D eigenvalue weighted by Crippen LogP contribution is 2.32. The molecule has 11 heavy (non-hydrogen) atoms. The predicted octanol–water partition coefficient (Wildman–Crippen LogP) is 2.61. The molecule has 2 nitrogen and oxygen atoms in total. The molecule has 0 amide bonds. The Bertz CT molecular complexity index is 267. The number of aryl methyl sites for hydroxylation is 1. The standard InChI is InChI=1S/C5H3F3INO/c1-2-10-4(9)3(11-2)5(6,7)8/h1H3. The maximum atomic E-state index is 11.9. The summed E-state index contributed by atoms with van der Waals surface area (Å²) >= 11 is 1.48. The Labute approximate surface area is 73.9 Å². The van der Waals surface area contributed by atoms with Crippen molar-refractivity contribution in [2.75, 3.05) is 0 Å². The third kappa shape index (κ3) is 1.85. The normalized spacial score (nSPS) is 12.1. The van der Waals surface area contributed by atoms with Crippen LogP contribution in [0.3, 0.4) is 0 Å². The van der Waals surface area contributed by atoms with Gasteiger partial charge in [0.2, 0.25) is 5.76 Å². The Morgan fingerprint density at radius 3 is 2.18 bits per heavy atom. The average molecular weight is 277 g/mol. The third-order valence-electron chi connectivity index (χ3n) is 0.950. The van der Waals surface area contributed by atoms with Crippen LogP contribution in [0.5, 0.6) is 0 Å². The van der Waals surface area contributed by atoms with Crippen molar-refractivity contribution >= 4 is 22.6 Å². The Balaban J connectivity index is 3.13. The van der Waals surface area contributed by atoms with E-state index in [1.54, 1.807) is 0 Å². The number of hydrogen-bond acceptors (Lipinski definition) is 2. The second kappa shape index (κ2) is 2.65. The van der Waals surface area contributed by atoms with Crippen LogP contribution in [0.15, 0.2) is 4.42 Å². The zero-order valence-electron chi connectivity index (χ0n) is 5.37. The number of nitrogens with zero attached hydrogens (tertiary/aromatic N) is 1. The molecule has 0 fully saturated rings. The van der Waals surface area contributed by atoms with Crippen molar-refractivity contribution in [3.05, 3.63) is 15.4 Å². The van der Waals surface area contributed by atoms with E-state index < -0.39 is 11.9 Å². The molecule has 0 saturated carbocycles. The Hall–Kier alpha value is -0.270. The summed E-state index contributed by atoms with van der Waals surface area (Å²) in [7, 11) is 0. The average Bonchev–Trinajstić information content (AvgIpc) is 2.08. The minimum atomic E-state index is -4.43. The lowest BCUT2D eigenvalue weighted by Gasteiger charge is -1.99. The summed E-state index contributed by atoms with van der Waals surface area (Å²) in [5.41, 5.74) is 0. The van der Waals surface area contributed by atoms with Crippen LogP contribution in [-0.2, 0) is 6.18 Å². The molecule has 62 valence electrons. The van der Waals surface area contributed by atoms with Crippen LogP contribution in [0.4, 0.5) is 13.2 Å². The number of rotatable bonds is 0. The van der Waals surface area contributed by atoms with Crippen molar-refractivity contribution in [2.24, 2.45) is 0 Å². The maximum Gasteiger partial charge on any atom is 0.452 e. The highest BCUT2D eigenvalue weighted by molar-refractivity contribution is 14.1. The van der Waals surface area contributed by atoms with Gasteiger partial charge in [0.1, 0.15) is 0 Å². The SMILES string of the molecule is Cc1nc(I)c(C(F)(F)F)o1. The van der Waals surface area contributed by atoms with Crippen LogP contribution < -0.4 is 0 Å². The van der Waals surface area contributed by atoms with Gasteiger partial charge in [0, 0.05) is 6.92 Å². The Morgan fingerprint density at radius 2 is 2.00 bits per heavy atom. The van der Waals surface area contributed by atoms with E-state index in [4.69, 9.17) is 0 Å². The molecule has 0 aromatic carbocycles. The van der Waals surface area contributed by atoms with Crippen LogP contribution in [-0.4, -0.2) is 4.98 Å². The molecular formula is C5H3F3INO. The lowest BCUT2D eigenvalue weighted by atomic mass is 10.5. The van der Waals surface area contributed by atoms with E-state index in [0.717, 1.165) is 0 Å². The second-order valence-corrected chi connectivity index (χ2v) is 2.87. The second-order valence-electron chi connectivity index (χ2n) is 1.85. The molecule has 0 bridgehead atoms. The molecule has 0 N–H and O–H groups in total. The van der Waals surface area contributed by atoms with Crippen LogP contribution in [0.1, 0.15) is 11.7 Å². The molecule has 0 spiro atoms. The first-order chi connectivity index (χ1) is 4.91. The summed E-state index contributed by atoms with van der Waals surface area (Å²) in [6.45, 7) is 1.37. The van der Waals surface area contributed by atoms with Gasteiger partial charge >= 0.3 is 6.18 Å². The van der Waals surface area contributed by atoms with Gasteiger partial charge in [0.05, 0.1) is 0 Å². The molecule has 0 radical (unpaired) electrons. The van der Waals surface area contributed by atoms with Crippen molar-refractivity contribution in [3.8, 4) is 0 Å². The van der Waals surface area contributed by atoms with E-state index in [2.05, 4.69) is 9.40 Å². The van der Waals surface area contributed by atoms with E-state index in [0.29, 0.717) is 0 Å². The van der Waals surface area contributed by atoms with E-state index in [1.165, 1.54) is 29.5 Å². The Morgan fingerprint density at radius 1 is 1.45 bits per heavy atom. The van der Waals surface area contributed by atoms with Crippen LogP contribution >= 0.6 is 22.6 Å². The number of hydrogen-bond donors (Lipinski definition) is 0. The van der Waals surface area contributed by atoms with Gasteiger partial charge in [-0.3, -0.25) is 0 Å². The predicted molar refractivity (Wildman–Crippen MR) is 39.0 cm³/mol. The van der Waals surface area contributed by atoms with Crippen molar-refractivity contribution in [3.63, 3.8) is 0 Å². The largest absolute Gasteiger partial charge is 0.452 e. The number of alkyl halides is 3. The van der Waals surface area contributed by atoms with Gasteiger partial charge in [-0.15, -0.1) is 0 Å². The van der Waals surface area contributed by atoms with Crippen molar-refractivity contribution in [1.82, 2.24) is 4.98 Å². The quantitative estimate of drug-likeness (QED) is 0.681. The van der Waals surface area contributed by atoms with Crippen LogP contribution in [0.25, 0.3) is 0 Å². The topological polar surface area (TPSA) is 26.0 Å². The summed E-state index contributed by atoms with van der Waals surface area (Å²) in [6, 6.07) is 0. The highest BCUT2D eigenvalue weighted by Gasteiger charge is 2.38. The minimum absolute atomic E-state index is 0.0294. The first-order valence-electron chi connectivity index (χ1n) is 2.61. The summed E-state index contributed by atoms with van der Waals surface area (Å²) in [5.74, 6) is -0.989. The van der Waals surface area contributed by atoms with Gasteiger partial charge in [0.25, 0.3) is 0 Å². The molecule has 0 aliphatic heterocycles. The Kier molecular flexibility index (Phi) is 2.13. The minimum Gasteiger partial charge on any atom is -0.435 e. The molecule has 1 aromatic rings. The summed E-state index contributed by atoms with van der Waals surface area (Å²) in [4.78, 5) is 3.48. The molecule has 0 saturated heterocycles. The van der Waals surface area contributed by atoms with Crippen LogP contribution in [0.2, 0.25) is 0 Å². The third-order valence-corrected chi connectivity index (χ3v) is 1.68. The van der Waals surface area contributed by atoms with E-state index in [-0.39, 0.29) is 9.59 Å². The smallest absolute Gasteiger partial charge is 0.435 e. The van der Waals surface area contributed by atoms with Crippen molar-refractivity contribution < 1.29 is 17.6 Å². The first kappa shape index (κ1) is 8.82. The molecule has 1 aromatic heterocycles. The molecule has 6 heteroatoms. The molecule has 0 aliphatic rings. The lowest BCUT2D eigenvalue weighted by molar-refractivity contribution is -0.154. The van der Waals surface area contributed by atoms with Gasteiger partial charge in [0.15, 0.2) is 9.59 Å². The zero-order chi connectivity index (χ0) is 8.65. The molecule has 1 rings (SSSR count).